The van der Waals surface area contributed by atoms with Crippen molar-refractivity contribution in [3.05, 3.63) is 42.2 Å². The van der Waals surface area contributed by atoms with Gasteiger partial charge in [0.1, 0.15) is 0 Å². The van der Waals surface area contributed by atoms with Crippen LogP contribution in [-0.2, 0) is 0 Å². The minimum absolute atomic E-state index is 0.787. The molecule has 1 rings (SSSR count). The van der Waals surface area contributed by atoms with Crippen LogP contribution in [0.25, 0.3) is 6.08 Å². The molecule has 0 fully saturated rings. The van der Waals surface area contributed by atoms with Crippen LogP contribution in [0.15, 0.2) is 36.6 Å². The summed E-state index contributed by atoms with van der Waals surface area (Å²) in [6.45, 7) is 0. The third kappa shape index (κ3) is 1.61. The van der Waals surface area contributed by atoms with E-state index in [1.54, 1.807) is 0 Å². The summed E-state index contributed by atoms with van der Waals surface area (Å²) in [6.07, 6.45) is 2.31. The van der Waals surface area contributed by atoms with Gasteiger partial charge in [0.15, 0.2) is 0 Å². The van der Waals surface area contributed by atoms with Gasteiger partial charge in [0, 0.05) is 0 Å². The standard InChI is InChI=1S/C8H8O/c9-7-6-8-4-2-1-3-5-8/h1-7,9H/p-1/b7-6+. The van der Waals surface area contributed by atoms with Crippen molar-refractivity contribution in [3.8, 4) is 0 Å². The van der Waals surface area contributed by atoms with Crippen LogP contribution in [0, 0.1) is 0 Å². The van der Waals surface area contributed by atoms with Gasteiger partial charge in [-0.15, -0.1) is 6.26 Å². The molecule has 0 aromatic heterocycles. The Morgan fingerprint density at radius 3 is 2.33 bits per heavy atom. The van der Waals surface area contributed by atoms with Crippen molar-refractivity contribution in [3.63, 3.8) is 0 Å². The normalized spacial score (nSPS) is 10.2. The molecule has 0 aliphatic heterocycles. The van der Waals surface area contributed by atoms with E-state index in [1.165, 1.54) is 6.08 Å². The molecule has 0 heterocycles. The molecule has 0 saturated carbocycles. The Morgan fingerprint density at radius 1 is 1.11 bits per heavy atom. The molecule has 0 bridgehead atoms. The van der Waals surface area contributed by atoms with E-state index in [1.807, 2.05) is 30.3 Å². The quantitative estimate of drug-likeness (QED) is 0.506. The fourth-order valence-electron chi connectivity index (χ4n) is 0.643. The van der Waals surface area contributed by atoms with Gasteiger partial charge in [-0.05, 0) is 5.56 Å². The zero-order valence-corrected chi connectivity index (χ0v) is 4.95. The Balaban J connectivity index is 2.85. The summed E-state index contributed by atoms with van der Waals surface area (Å²) < 4.78 is 0. The highest BCUT2D eigenvalue weighted by atomic mass is 16.2. The fourth-order valence-corrected chi connectivity index (χ4v) is 0.643. The molecule has 0 aliphatic rings. The van der Waals surface area contributed by atoms with Crippen molar-refractivity contribution in [2.75, 3.05) is 0 Å². The van der Waals surface area contributed by atoms with Crippen molar-refractivity contribution in [2.24, 2.45) is 0 Å². The van der Waals surface area contributed by atoms with Crippen molar-refractivity contribution in [1.29, 1.82) is 0 Å². The highest BCUT2D eigenvalue weighted by Gasteiger charge is 1.76. The van der Waals surface area contributed by atoms with E-state index in [2.05, 4.69) is 0 Å². The van der Waals surface area contributed by atoms with Crippen LogP contribution in [0.4, 0.5) is 0 Å². The first-order chi connectivity index (χ1) is 4.43. The molecule has 9 heavy (non-hydrogen) atoms. The van der Waals surface area contributed by atoms with Crippen LogP contribution < -0.4 is 5.11 Å². The molecule has 0 atom stereocenters. The van der Waals surface area contributed by atoms with Gasteiger partial charge >= 0.3 is 0 Å². The zero-order chi connectivity index (χ0) is 6.53. The second-order valence-corrected chi connectivity index (χ2v) is 1.71. The lowest BCUT2D eigenvalue weighted by molar-refractivity contribution is -0.272. The first-order valence-electron chi connectivity index (χ1n) is 2.77. The van der Waals surface area contributed by atoms with Gasteiger partial charge in [0.2, 0.25) is 0 Å². The topological polar surface area (TPSA) is 23.1 Å². The summed E-state index contributed by atoms with van der Waals surface area (Å²) in [7, 11) is 0. The van der Waals surface area contributed by atoms with E-state index in [4.69, 9.17) is 0 Å². The average Bonchev–Trinajstić information content (AvgIpc) is 1.91. The Labute approximate surface area is 54.3 Å². The summed E-state index contributed by atoms with van der Waals surface area (Å²) in [5.74, 6) is 0. The molecule has 0 N–H and O–H groups in total. The maximum Gasteiger partial charge on any atom is -0.0269 e. The number of hydrogen-bond acceptors (Lipinski definition) is 1. The predicted molar refractivity (Wildman–Crippen MR) is 35.5 cm³/mol. The molecule has 1 aromatic carbocycles. The molecule has 1 heteroatoms. The number of rotatable bonds is 1. The minimum Gasteiger partial charge on any atom is -0.878 e. The van der Waals surface area contributed by atoms with Gasteiger partial charge in [-0.3, -0.25) is 0 Å². The Morgan fingerprint density at radius 2 is 1.78 bits per heavy atom. The predicted octanol–water partition coefficient (Wildman–Crippen LogP) is 1.02. The van der Waals surface area contributed by atoms with Crippen LogP contribution in [0.1, 0.15) is 5.56 Å². The third-order valence-electron chi connectivity index (χ3n) is 1.06. The summed E-state index contributed by atoms with van der Waals surface area (Å²) in [4.78, 5) is 0. The minimum atomic E-state index is 0.787. The average molecular weight is 119 g/mol. The van der Waals surface area contributed by atoms with E-state index in [9.17, 15) is 5.11 Å². The molecular weight excluding hydrogens is 112 g/mol. The highest BCUT2D eigenvalue weighted by Crippen LogP contribution is 1.98. The molecule has 0 amide bonds. The van der Waals surface area contributed by atoms with Crippen molar-refractivity contribution >= 4 is 6.08 Å². The van der Waals surface area contributed by atoms with E-state index >= 15 is 0 Å². The van der Waals surface area contributed by atoms with Gasteiger partial charge in [0.25, 0.3) is 0 Å². The second kappa shape index (κ2) is 2.92. The van der Waals surface area contributed by atoms with Crippen LogP contribution in [-0.4, -0.2) is 0 Å². The van der Waals surface area contributed by atoms with Gasteiger partial charge in [-0.2, -0.15) is 0 Å². The lowest BCUT2D eigenvalue weighted by Gasteiger charge is -1.91. The Bertz CT molecular complexity index is 189. The van der Waals surface area contributed by atoms with Gasteiger partial charge in [-0.1, -0.05) is 36.4 Å². The molecule has 46 valence electrons. The maximum absolute atomic E-state index is 9.92. The SMILES string of the molecule is [O-]/C=C/c1ccccc1. The molecular formula is C8H7O-. The fraction of sp³-hybridized carbons (Fsp3) is 0. The zero-order valence-electron chi connectivity index (χ0n) is 4.95. The van der Waals surface area contributed by atoms with Crippen molar-refractivity contribution < 1.29 is 5.11 Å². The third-order valence-corrected chi connectivity index (χ3v) is 1.06. The van der Waals surface area contributed by atoms with Gasteiger partial charge < -0.3 is 5.11 Å². The van der Waals surface area contributed by atoms with E-state index in [-0.39, 0.29) is 0 Å². The summed E-state index contributed by atoms with van der Waals surface area (Å²) in [5.41, 5.74) is 0.951. The van der Waals surface area contributed by atoms with E-state index in [0.29, 0.717) is 0 Å². The highest BCUT2D eigenvalue weighted by molar-refractivity contribution is 5.46. The molecule has 0 unspecified atom stereocenters. The first kappa shape index (κ1) is 5.89. The maximum atomic E-state index is 9.92. The molecule has 0 saturated heterocycles. The summed E-state index contributed by atoms with van der Waals surface area (Å²) in [5, 5.41) is 9.92. The number of hydrogen-bond donors (Lipinski definition) is 0. The molecule has 1 aromatic rings. The van der Waals surface area contributed by atoms with Gasteiger partial charge in [0.05, 0.1) is 0 Å². The summed E-state index contributed by atoms with van der Waals surface area (Å²) >= 11 is 0. The second-order valence-electron chi connectivity index (χ2n) is 1.71. The van der Waals surface area contributed by atoms with E-state index < -0.39 is 0 Å². The van der Waals surface area contributed by atoms with Crippen molar-refractivity contribution in [1.82, 2.24) is 0 Å². The molecule has 0 spiro atoms. The van der Waals surface area contributed by atoms with Crippen molar-refractivity contribution in [2.45, 2.75) is 0 Å². The lowest BCUT2D eigenvalue weighted by Crippen LogP contribution is -1.83. The van der Waals surface area contributed by atoms with Crippen LogP contribution >= 0.6 is 0 Å². The van der Waals surface area contributed by atoms with Crippen LogP contribution in [0.3, 0.4) is 0 Å². The smallest absolute Gasteiger partial charge is 0.0269 e. The molecule has 0 aliphatic carbocycles. The van der Waals surface area contributed by atoms with Crippen LogP contribution in [0.5, 0.6) is 0 Å². The van der Waals surface area contributed by atoms with Gasteiger partial charge in [-0.25, -0.2) is 0 Å². The Hall–Kier alpha value is -1.24. The monoisotopic (exact) mass is 119 g/mol. The Kier molecular flexibility index (Phi) is 1.91. The first-order valence-corrected chi connectivity index (χ1v) is 2.77. The molecule has 1 nitrogen and oxygen atoms in total. The number of benzene rings is 1. The molecule has 0 radical (unpaired) electrons. The summed E-state index contributed by atoms with van der Waals surface area (Å²) in [6, 6.07) is 9.48. The lowest BCUT2D eigenvalue weighted by atomic mass is 10.2. The largest absolute Gasteiger partial charge is 0.878 e. The van der Waals surface area contributed by atoms with E-state index in [0.717, 1.165) is 11.8 Å². The van der Waals surface area contributed by atoms with Crippen LogP contribution in [0.2, 0.25) is 0 Å².